The Bertz CT molecular complexity index is 579. The predicted molar refractivity (Wildman–Crippen MR) is 73.4 cm³/mol. The number of pyridine rings is 1. The maximum Gasteiger partial charge on any atom is 0.156 e. The van der Waals surface area contributed by atoms with Crippen molar-refractivity contribution in [1.29, 1.82) is 0 Å². The first-order valence-electron chi connectivity index (χ1n) is 5.50. The maximum atomic E-state index is 5.65. The van der Waals surface area contributed by atoms with E-state index in [1.807, 2.05) is 32.0 Å². The van der Waals surface area contributed by atoms with E-state index >= 15 is 0 Å². The Morgan fingerprint density at radius 2 is 2.17 bits per heavy atom. The molecule has 0 unspecified atom stereocenters. The minimum absolute atomic E-state index is 0.318. The van der Waals surface area contributed by atoms with Crippen molar-refractivity contribution < 1.29 is 4.52 Å². The van der Waals surface area contributed by atoms with Gasteiger partial charge in [0.05, 0.1) is 17.8 Å². The lowest BCUT2D eigenvalue weighted by molar-refractivity contribution is 0.384. The van der Waals surface area contributed by atoms with Crippen LogP contribution in [0.4, 0.5) is 5.82 Å². The largest absolute Gasteiger partial charge is 0.389 e. The van der Waals surface area contributed by atoms with Gasteiger partial charge >= 0.3 is 0 Å². The molecule has 6 heteroatoms. The van der Waals surface area contributed by atoms with Crippen molar-refractivity contribution in [3.63, 3.8) is 0 Å². The van der Waals surface area contributed by atoms with E-state index in [-0.39, 0.29) is 0 Å². The smallest absolute Gasteiger partial charge is 0.156 e. The highest BCUT2D eigenvalue weighted by Crippen LogP contribution is 2.15. The summed E-state index contributed by atoms with van der Waals surface area (Å²) < 4.78 is 5.11. The molecule has 0 radical (unpaired) electrons. The van der Waals surface area contributed by atoms with Gasteiger partial charge in [-0.2, -0.15) is 0 Å². The van der Waals surface area contributed by atoms with Crippen molar-refractivity contribution in [2.24, 2.45) is 5.73 Å². The van der Waals surface area contributed by atoms with Crippen molar-refractivity contribution in [2.45, 2.75) is 20.4 Å². The third-order valence-corrected chi connectivity index (χ3v) is 2.63. The van der Waals surface area contributed by atoms with Crippen LogP contribution in [-0.4, -0.2) is 15.1 Å². The molecular weight excluding hydrogens is 248 g/mol. The van der Waals surface area contributed by atoms with Crippen molar-refractivity contribution in [3.8, 4) is 0 Å². The molecule has 0 saturated heterocycles. The quantitative estimate of drug-likeness (QED) is 0.820. The average Bonchev–Trinajstić information content (AvgIpc) is 2.72. The van der Waals surface area contributed by atoms with Crippen LogP contribution < -0.4 is 11.1 Å². The molecule has 0 atom stereocenters. The Balaban J connectivity index is 2.17. The molecule has 0 aliphatic rings. The molecule has 0 aliphatic heterocycles. The van der Waals surface area contributed by atoms with Gasteiger partial charge in [0, 0.05) is 11.8 Å². The highest BCUT2D eigenvalue weighted by Gasteiger charge is 2.08. The second kappa shape index (κ2) is 5.14. The number of rotatable bonds is 4. The molecule has 2 heterocycles. The third kappa shape index (κ3) is 2.84. The topological polar surface area (TPSA) is 77.0 Å². The Labute approximate surface area is 110 Å². The van der Waals surface area contributed by atoms with Gasteiger partial charge in [-0.1, -0.05) is 17.4 Å². The van der Waals surface area contributed by atoms with Gasteiger partial charge in [-0.15, -0.1) is 0 Å². The average molecular weight is 262 g/mol. The third-order valence-electron chi connectivity index (χ3n) is 2.41. The summed E-state index contributed by atoms with van der Waals surface area (Å²) in [5.41, 5.74) is 8.12. The highest BCUT2D eigenvalue weighted by atomic mass is 32.1. The Hall–Kier alpha value is -1.95. The van der Waals surface area contributed by atoms with Gasteiger partial charge in [-0.3, -0.25) is 0 Å². The van der Waals surface area contributed by atoms with E-state index in [4.69, 9.17) is 22.5 Å². The van der Waals surface area contributed by atoms with Crippen LogP contribution in [0, 0.1) is 13.8 Å². The lowest BCUT2D eigenvalue weighted by atomic mass is 10.2. The molecule has 2 aromatic rings. The van der Waals surface area contributed by atoms with Gasteiger partial charge < -0.3 is 15.6 Å². The molecule has 0 amide bonds. The van der Waals surface area contributed by atoms with Gasteiger partial charge in [0.2, 0.25) is 0 Å². The molecule has 2 rings (SSSR count). The fourth-order valence-corrected chi connectivity index (χ4v) is 1.73. The van der Waals surface area contributed by atoms with E-state index in [0.717, 1.165) is 22.7 Å². The fourth-order valence-electron chi connectivity index (χ4n) is 1.56. The number of thiocarbonyl (C=S) groups is 1. The fraction of sp³-hybridized carbons (Fsp3) is 0.250. The van der Waals surface area contributed by atoms with Crippen LogP contribution in [0.25, 0.3) is 0 Å². The van der Waals surface area contributed by atoms with Crippen LogP contribution in [0.1, 0.15) is 22.7 Å². The summed E-state index contributed by atoms with van der Waals surface area (Å²) in [7, 11) is 0. The van der Waals surface area contributed by atoms with Crippen LogP contribution in [0.5, 0.6) is 0 Å². The normalized spacial score (nSPS) is 10.3. The number of anilines is 1. The summed E-state index contributed by atoms with van der Waals surface area (Å²) >= 11 is 4.99. The SMILES string of the molecule is Cc1cc(CNc2nc(C)ccc2C(N)=S)on1. The number of nitrogens with two attached hydrogens (primary N) is 1. The number of nitrogens with one attached hydrogen (secondary N) is 1. The number of nitrogens with zero attached hydrogens (tertiary/aromatic N) is 2. The zero-order chi connectivity index (χ0) is 13.1. The van der Waals surface area contributed by atoms with E-state index in [1.54, 1.807) is 0 Å². The first-order valence-corrected chi connectivity index (χ1v) is 5.90. The molecule has 0 aromatic carbocycles. The predicted octanol–water partition coefficient (Wildman–Crippen LogP) is 1.93. The van der Waals surface area contributed by atoms with Crippen LogP contribution in [0.2, 0.25) is 0 Å². The Morgan fingerprint density at radius 3 is 2.78 bits per heavy atom. The Morgan fingerprint density at radius 1 is 1.39 bits per heavy atom. The summed E-state index contributed by atoms with van der Waals surface area (Å²) in [5, 5.41) is 6.97. The summed E-state index contributed by atoms with van der Waals surface area (Å²) in [5.74, 6) is 1.40. The van der Waals surface area contributed by atoms with Crippen molar-refractivity contribution in [1.82, 2.24) is 10.1 Å². The molecule has 0 fully saturated rings. The zero-order valence-electron chi connectivity index (χ0n) is 10.2. The van der Waals surface area contributed by atoms with Crippen LogP contribution >= 0.6 is 12.2 Å². The van der Waals surface area contributed by atoms with Gasteiger partial charge in [0.1, 0.15) is 10.8 Å². The molecule has 94 valence electrons. The van der Waals surface area contributed by atoms with Crippen molar-refractivity contribution in [2.75, 3.05) is 5.32 Å². The van der Waals surface area contributed by atoms with Gasteiger partial charge in [0.25, 0.3) is 0 Å². The van der Waals surface area contributed by atoms with E-state index in [9.17, 15) is 0 Å². The number of aromatic nitrogens is 2. The molecule has 18 heavy (non-hydrogen) atoms. The maximum absolute atomic E-state index is 5.65. The van der Waals surface area contributed by atoms with Crippen molar-refractivity contribution in [3.05, 3.63) is 40.9 Å². The summed E-state index contributed by atoms with van der Waals surface area (Å²) in [6.07, 6.45) is 0. The summed E-state index contributed by atoms with van der Waals surface area (Å²) in [4.78, 5) is 4.69. The van der Waals surface area contributed by atoms with Crippen LogP contribution in [-0.2, 0) is 6.54 Å². The van der Waals surface area contributed by atoms with E-state index in [1.165, 1.54) is 0 Å². The second-order valence-electron chi connectivity index (χ2n) is 4.00. The monoisotopic (exact) mass is 262 g/mol. The molecule has 3 N–H and O–H groups in total. The molecule has 0 spiro atoms. The molecule has 0 saturated carbocycles. The van der Waals surface area contributed by atoms with E-state index in [0.29, 0.717) is 17.4 Å². The lowest BCUT2D eigenvalue weighted by Crippen LogP contribution is -2.14. The zero-order valence-corrected chi connectivity index (χ0v) is 11.0. The molecule has 5 nitrogen and oxygen atoms in total. The standard InChI is InChI=1S/C12H14N4OS/c1-7-3-4-10(11(13)18)12(15-7)14-6-9-5-8(2)16-17-9/h3-5H,6H2,1-2H3,(H2,13,18)(H,14,15). The lowest BCUT2D eigenvalue weighted by Gasteiger charge is -2.09. The van der Waals surface area contributed by atoms with Crippen LogP contribution in [0.3, 0.4) is 0 Å². The number of hydrogen-bond acceptors (Lipinski definition) is 5. The van der Waals surface area contributed by atoms with Gasteiger partial charge in [-0.05, 0) is 26.0 Å². The van der Waals surface area contributed by atoms with Gasteiger partial charge in [0.15, 0.2) is 5.76 Å². The Kier molecular flexibility index (Phi) is 3.57. The minimum atomic E-state index is 0.318. The first kappa shape index (κ1) is 12.5. The number of aryl methyl sites for hydroxylation is 2. The highest BCUT2D eigenvalue weighted by molar-refractivity contribution is 7.80. The van der Waals surface area contributed by atoms with Crippen molar-refractivity contribution >= 4 is 23.0 Å². The van der Waals surface area contributed by atoms with E-state index < -0.39 is 0 Å². The van der Waals surface area contributed by atoms with Crippen LogP contribution in [0.15, 0.2) is 22.7 Å². The first-order chi connectivity index (χ1) is 8.56. The van der Waals surface area contributed by atoms with E-state index in [2.05, 4.69) is 15.5 Å². The summed E-state index contributed by atoms with van der Waals surface area (Å²) in [6.45, 7) is 4.28. The molecule has 0 aliphatic carbocycles. The number of hydrogen-bond donors (Lipinski definition) is 2. The molecule has 0 bridgehead atoms. The molecule has 2 aromatic heterocycles. The minimum Gasteiger partial charge on any atom is -0.389 e. The molecular formula is C12H14N4OS. The summed E-state index contributed by atoms with van der Waals surface area (Å²) in [6, 6.07) is 5.60. The van der Waals surface area contributed by atoms with Gasteiger partial charge in [-0.25, -0.2) is 4.98 Å². The second-order valence-corrected chi connectivity index (χ2v) is 4.44.